The summed E-state index contributed by atoms with van der Waals surface area (Å²) in [6.45, 7) is 2.64. The lowest BCUT2D eigenvalue weighted by molar-refractivity contribution is -0.138. The highest BCUT2D eigenvalue weighted by Gasteiger charge is 2.46. The summed E-state index contributed by atoms with van der Waals surface area (Å²) in [5.41, 5.74) is -3.37. The van der Waals surface area contributed by atoms with Crippen LogP contribution in [0.25, 0.3) is 11.1 Å². The number of ether oxygens (including phenoxy) is 1. The average Bonchev–Trinajstić information content (AvgIpc) is 2.99. The summed E-state index contributed by atoms with van der Waals surface area (Å²) < 4.78 is 87.9. The number of hydrogen-bond donors (Lipinski definition) is 1. The van der Waals surface area contributed by atoms with Crippen LogP contribution in [0.4, 0.5) is 26.3 Å². The Morgan fingerprint density at radius 3 is 2.38 bits per heavy atom. The molecule has 0 aliphatic carbocycles. The third-order valence-electron chi connectivity index (χ3n) is 5.47. The van der Waals surface area contributed by atoms with Gasteiger partial charge in [0.25, 0.3) is 5.91 Å². The van der Waals surface area contributed by atoms with Crippen LogP contribution < -0.4 is 10.1 Å². The fourth-order valence-electron chi connectivity index (χ4n) is 4.18. The molecule has 174 valence electrons. The molecule has 2 heterocycles. The van der Waals surface area contributed by atoms with Crippen LogP contribution >= 0.6 is 12.4 Å². The maximum atomic E-state index is 13.9. The van der Waals surface area contributed by atoms with Crippen LogP contribution in [0.2, 0.25) is 0 Å². The molecule has 1 fully saturated rings. The van der Waals surface area contributed by atoms with Crippen molar-refractivity contribution in [2.24, 2.45) is 0 Å². The third kappa shape index (κ3) is 4.13. The molecule has 2 aliphatic heterocycles. The third-order valence-corrected chi connectivity index (χ3v) is 5.47. The minimum atomic E-state index is -4.90. The number of carbonyl (C=O) groups is 1. The maximum absolute atomic E-state index is 13.9. The molecule has 0 aromatic heterocycles. The van der Waals surface area contributed by atoms with Crippen LogP contribution in [0.3, 0.4) is 0 Å². The Bertz CT molecular complexity index is 1040. The van der Waals surface area contributed by atoms with E-state index in [-0.39, 0.29) is 49.0 Å². The van der Waals surface area contributed by atoms with E-state index in [4.69, 9.17) is 4.74 Å². The lowest BCUT2D eigenvalue weighted by atomic mass is 9.90. The van der Waals surface area contributed by atoms with Gasteiger partial charge in [-0.3, -0.25) is 4.79 Å². The first-order valence-electron chi connectivity index (χ1n) is 9.63. The summed E-state index contributed by atoms with van der Waals surface area (Å²) in [6.07, 6.45) is -9.71. The highest BCUT2D eigenvalue weighted by atomic mass is 35.5. The minimum absolute atomic E-state index is 0. The van der Waals surface area contributed by atoms with Crippen LogP contribution in [0, 0.1) is 0 Å². The van der Waals surface area contributed by atoms with Crippen molar-refractivity contribution in [3.8, 4) is 16.9 Å². The van der Waals surface area contributed by atoms with E-state index >= 15 is 0 Å². The number of benzene rings is 2. The van der Waals surface area contributed by atoms with Gasteiger partial charge in [-0.1, -0.05) is 6.07 Å². The summed E-state index contributed by atoms with van der Waals surface area (Å²) in [5.74, 6) is -0.781. The Morgan fingerprint density at radius 1 is 1.06 bits per heavy atom. The highest BCUT2D eigenvalue weighted by Crippen LogP contribution is 2.46. The van der Waals surface area contributed by atoms with Crippen molar-refractivity contribution in [1.82, 2.24) is 10.2 Å². The number of fused-ring (bicyclic) bond motifs is 3. The molecule has 0 unspecified atom stereocenters. The van der Waals surface area contributed by atoms with Gasteiger partial charge >= 0.3 is 12.4 Å². The maximum Gasteiger partial charge on any atom is 0.417 e. The van der Waals surface area contributed by atoms with Crippen LogP contribution in [0.15, 0.2) is 30.3 Å². The Balaban J connectivity index is 0.00000289. The Kier molecular flexibility index (Phi) is 6.41. The number of hydrogen-bond acceptors (Lipinski definition) is 3. The van der Waals surface area contributed by atoms with Crippen molar-refractivity contribution in [1.29, 1.82) is 0 Å². The molecule has 1 amide bonds. The second-order valence-electron chi connectivity index (χ2n) is 7.34. The van der Waals surface area contributed by atoms with E-state index in [9.17, 15) is 31.1 Å². The Hall–Kier alpha value is -2.46. The van der Waals surface area contributed by atoms with Crippen molar-refractivity contribution < 1.29 is 35.9 Å². The lowest BCUT2D eigenvalue weighted by Gasteiger charge is -2.30. The first kappa shape index (κ1) is 24.2. The predicted molar refractivity (Wildman–Crippen MR) is 107 cm³/mol. The quantitative estimate of drug-likeness (QED) is 0.605. The van der Waals surface area contributed by atoms with Crippen molar-refractivity contribution in [3.05, 3.63) is 52.6 Å². The number of alkyl halides is 6. The molecule has 2 aromatic carbocycles. The Morgan fingerprint density at radius 2 is 1.75 bits per heavy atom. The molecule has 1 atom stereocenters. The molecule has 1 saturated heterocycles. The number of rotatable bonds is 3. The number of nitrogens with zero attached hydrogens (tertiary/aromatic N) is 1. The number of halogens is 7. The van der Waals surface area contributed by atoms with Crippen LogP contribution in [-0.4, -0.2) is 37.0 Å². The second kappa shape index (κ2) is 8.47. The Labute approximate surface area is 185 Å². The fourth-order valence-corrected chi connectivity index (χ4v) is 4.18. The van der Waals surface area contributed by atoms with Crippen molar-refractivity contribution in [3.63, 3.8) is 0 Å². The molecule has 1 N–H and O–H groups in total. The highest BCUT2D eigenvalue weighted by molar-refractivity contribution is 6.02. The van der Waals surface area contributed by atoms with E-state index in [1.807, 2.05) is 0 Å². The van der Waals surface area contributed by atoms with Crippen LogP contribution in [-0.2, 0) is 12.4 Å². The molecule has 0 saturated carbocycles. The van der Waals surface area contributed by atoms with Gasteiger partial charge in [-0.25, -0.2) is 0 Å². The molecule has 32 heavy (non-hydrogen) atoms. The molecule has 4 nitrogen and oxygen atoms in total. The zero-order chi connectivity index (χ0) is 22.6. The summed E-state index contributed by atoms with van der Waals surface area (Å²) in [7, 11) is 0. The summed E-state index contributed by atoms with van der Waals surface area (Å²) in [4.78, 5) is 14.0. The number of nitrogens with one attached hydrogen (secondary N) is 1. The van der Waals surface area contributed by atoms with Gasteiger partial charge in [0, 0.05) is 19.6 Å². The van der Waals surface area contributed by atoms with Crippen molar-refractivity contribution >= 4 is 18.3 Å². The predicted octanol–water partition coefficient (Wildman–Crippen LogP) is 5.31. The largest absolute Gasteiger partial charge is 0.494 e. The van der Waals surface area contributed by atoms with Gasteiger partial charge in [0.1, 0.15) is 5.75 Å². The van der Waals surface area contributed by atoms with Gasteiger partial charge in [0.2, 0.25) is 0 Å². The van der Waals surface area contributed by atoms with Gasteiger partial charge in [-0.15, -0.1) is 12.4 Å². The molecule has 0 bridgehead atoms. The molecular formula is C21H19ClF6N2O2. The fraction of sp³-hybridized carbons (Fsp3) is 0.381. The lowest BCUT2D eigenvalue weighted by Crippen LogP contribution is -2.44. The van der Waals surface area contributed by atoms with Gasteiger partial charge in [0.05, 0.1) is 29.3 Å². The number of carbonyl (C=O) groups excluding carboxylic acids is 1. The first-order chi connectivity index (χ1) is 14.5. The van der Waals surface area contributed by atoms with Gasteiger partial charge in [-0.05, 0) is 47.9 Å². The van der Waals surface area contributed by atoms with Crippen LogP contribution in [0.5, 0.6) is 5.75 Å². The van der Waals surface area contributed by atoms with Crippen LogP contribution in [0.1, 0.15) is 40.0 Å². The molecule has 0 spiro atoms. The van der Waals surface area contributed by atoms with E-state index in [0.29, 0.717) is 12.6 Å². The molecule has 4 rings (SSSR count). The minimum Gasteiger partial charge on any atom is -0.494 e. The van der Waals surface area contributed by atoms with Gasteiger partial charge in [-0.2, -0.15) is 26.3 Å². The summed E-state index contributed by atoms with van der Waals surface area (Å²) in [6, 6.07) is 4.41. The topological polar surface area (TPSA) is 41.6 Å². The molecular weight excluding hydrogens is 462 g/mol. The monoisotopic (exact) mass is 480 g/mol. The smallest absolute Gasteiger partial charge is 0.417 e. The first-order valence-corrected chi connectivity index (χ1v) is 9.63. The number of piperazine rings is 1. The van der Waals surface area contributed by atoms with E-state index in [0.717, 1.165) is 12.1 Å². The second-order valence-corrected chi connectivity index (χ2v) is 7.34. The normalized spacial score (nSPS) is 18.2. The van der Waals surface area contributed by atoms with E-state index in [2.05, 4.69) is 5.32 Å². The van der Waals surface area contributed by atoms with Gasteiger partial charge in [0.15, 0.2) is 0 Å². The van der Waals surface area contributed by atoms with E-state index in [1.54, 1.807) is 6.92 Å². The molecule has 2 aromatic rings. The van der Waals surface area contributed by atoms with Gasteiger partial charge < -0.3 is 15.0 Å². The van der Waals surface area contributed by atoms with Crippen molar-refractivity contribution in [2.75, 3.05) is 26.2 Å². The average molecular weight is 481 g/mol. The zero-order valence-corrected chi connectivity index (χ0v) is 17.5. The molecule has 0 radical (unpaired) electrons. The summed E-state index contributed by atoms with van der Waals surface area (Å²) >= 11 is 0. The standard InChI is InChI=1S/C21H18F6N2O2.ClH/c1-2-31-12-3-4-13(15(9-12)20(22,23)24)11-7-14-17-10-28-5-6-29(17)19(30)18(14)16(8-11)21(25,26)27;/h3-4,7-9,17,28H,2,5-6,10H2,1H3;1H/t17-;/m0./s1. The molecule has 2 aliphatic rings. The zero-order valence-electron chi connectivity index (χ0n) is 16.7. The summed E-state index contributed by atoms with van der Waals surface area (Å²) in [5, 5.41) is 3.02. The molecule has 11 heteroatoms. The van der Waals surface area contributed by atoms with E-state index in [1.165, 1.54) is 17.0 Å². The van der Waals surface area contributed by atoms with E-state index < -0.39 is 46.6 Å². The van der Waals surface area contributed by atoms with Crippen molar-refractivity contribution in [2.45, 2.75) is 25.3 Å². The SMILES string of the molecule is CCOc1ccc(-c2cc3c(c(C(F)(F)F)c2)C(=O)N2CCNC[C@@H]32)c(C(F)(F)F)c1.Cl. The number of amides is 1.